The fourth-order valence-electron chi connectivity index (χ4n) is 2.08. The van der Waals surface area contributed by atoms with Crippen LogP contribution < -0.4 is 10.1 Å². The van der Waals surface area contributed by atoms with Crippen molar-refractivity contribution in [2.24, 2.45) is 0 Å². The average molecular weight is 263 g/mol. The lowest BCUT2D eigenvalue weighted by molar-refractivity contribution is 0.256. The van der Waals surface area contributed by atoms with E-state index < -0.39 is 0 Å². The first-order chi connectivity index (χ1) is 9.22. The van der Waals surface area contributed by atoms with E-state index >= 15 is 0 Å². The number of rotatable bonds is 8. The predicted octanol–water partition coefficient (Wildman–Crippen LogP) is 2.77. The van der Waals surface area contributed by atoms with E-state index in [1.807, 2.05) is 12.1 Å². The molecule has 4 heteroatoms. The van der Waals surface area contributed by atoms with Gasteiger partial charge in [0.1, 0.15) is 0 Å². The molecule has 0 amide bonds. The van der Waals surface area contributed by atoms with Gasteiger partial charge >= 0.3 is 0 Å². The summed E-state index contributed by atoms with van der Waals surface area (Å²) in [4.78, 5) is 6.82. The smallest absolute Gasteiger partial charge is 0.168 e. The Labute approximate surface area is 116 Å². The normalized spacial score (nSPS) is 16.4. The van der Waals surface area contributed by atoms with Crippen molar-refractivity contribution in [2.45, 2.75) is 45.2 Å². The standard InChI is InChI=1S/C15H25N3O/c1-4-10-19-14-6-5-9-16-15(14)17-11-12(2)18(3)13-7-8-13/h5-6,9,12-13H,4,7-8,10-11H2,1-3H3,(H,16,17). The minimum absolute atomic E-state index is 0.508. The van der Waals surface area contributed by atoms with Gasteiger partial charge in [0.15, 0.2) is 11.6 Å². The summed E-state index contributed by atoms with van der Waals surface area (Å²) >= 11 is 0. The highest BCUT2D eigenvalue weighted by molar-refractivity contribution is 5.49. The second-order valence-corrected chi connectivity index (χ2v) is 5.33. The Kier molecular flexibility index (Phi) is 5.02. The van der Waals surface area contributed by atoms with Gasteiger partial charge in [0.05, 0.1) is 6.61 Å². The van der Waals surface area contributed by atoms with Crippen LogP contribution in [0, 0.1) is 0 Å². The molecule has 0 aliphatic heterocycles. The number of hydrogen-bond acceptors (Lipinski definition) is 4. The Morgan fingerprint density at radius 2 is 2.32 bits per heavy atom. The molecular weight excluding hydrogens is 238 g/mol. The lowest BCUT2D eigenvalue weighted by Crippen LogP contribution is -2.36. The van der Waals surface area contributed by atoms with Crippen LogP contribution in [0.3, 0.4) is 0 Å². The summed E-state index contributed by atoms with van der Waals surface area (Å²) in [6, 6.07) is 5.18. The van der Waals surface area contributed by atoms with E-state index in [-0.39, 0.29) is 0 Å². The number of nitrogens with one attached hydrogen (secondary N) is 1. The maximum atomic E-state index is 5.70. The van der Waals surface area contributed by atoms with E-state index in [4.69, 9.17) is 4.74 Å². The zero-order chi connectivity index (χ0) is 13.7. The van der Waals surface area contributed by atoms with E-state index in [1.165, 1.54) is 12.8 Å². The van der Waals surface area contributed by atoms with Gasteiger partial charge < -0.3 is 10.1 Å². The second-order valence-electron chi connectivity index (χ2n) is 5.33. The van der Waals surface area contributed by atoms with Crippen LogP contribution in [0.25, 0.3) is 0 Å². The number of nitrogens with zero attached hydrogens (tertiary/aromatic N) is 2. The van der Waals surface area contributed by atoms with Crippen molar-refractivity contribution < 1.29 is 4.74 Å². The summed E-state index contributed by atoms with van der Waals surface area (Å²) in [5.74, 6) is 1.71. The van der Waals surface area contributed by atoms with Crippen molar-refractivity contribution >= 4 is 5.82 Å². The van der Waals surface area contributed by atoms with E-state index in [0.717, 1.165) is 37.2 Å². The molecule has 1 aliphatic carbocycles. The van der Waals surface area contributed by atoms with Gasteiger partial charge in [0, 0.05) is 24.8 Å². The number of aromatic nitrogens is 1. The summed E-state index contributed by atoms with van der Waals surface area (Å²) in [6.07, 6.45) is 5.50. The minimum Gasteiger partial charge on any atom is -0.490 e. The summed E-state index contributed by atoms with van der Waals surface area (Å²) in [6.45, 7) is 5.99. The van der Waals surface area contributed by atoms with Crippen LogP contribution in [0.5, 0.6) is 5.75 Å². The Balaban J connectivity index is 1.87. The predicted molar refractivity (Wildman–Crippen MR) is 78.8 cm³/mol. The van der Waals surface area contributed by atoms with Crippen molar-refractivity contribution in [3.8, 4) is 5.75 Å². The minimum atomic E-state index is 0.508. The van der Waals surface area contributed by atoms with Gasteiger partial charge in [-0.2, -0.15) is 0 Å². The lowest BCUT2D eigenvalue weighted by atomic mass is 10.3. The molecule has 2 rings (SSSR count). The molecule has 0 saturated heterocycles. The molecule has 1 heterocycles. The fourth-order valence-corrected chi connectivity index (χ4v) is 2.08. The molecule has 1 aromatic heterocycles. The van der Waals surface area contributed by atoms with Crippen molar-refractivity contribution in [3.05, 3.63) is 18.3 Å². The third-order valence-corrected chi connectivity index (χ3v) is 3.62. The van der Waals surface area contributed by atoms with Crippen molar-refractivity contribution in [1.82, 2.24) is 9.88 Å². The molecule has 19 heavy (non-hydrogen) atoms. The Hall–Kier alpha value is -1.29. The fraction of sp³-hybridized carbons (Fsp3) is 0.667. The maximum Gasteiger partial charge on any atom is 0.168 e. The quantitative estimate of drug-likeness (QED) is 0.782. The largest absolute Gasteiger partial charge is 0.490 e. The molecule has 1 fully saturated rings. The van der Waals surface area contributed by atoms with Gasteiger partial charge in [0.2, 0.25) is 0 Å². The van der Waals surface area contributed by atoms with Crippen LogP contribution in [0.15, 0.2) is 18.3 Å². The molecule has 1 N–H and O–H groups in total. The molecule has 106 valence electrons. The van der Waals surface area contributed by atoms with Crippen LogP contribution in [0.2, 0.25) is 0 Å². The molecule has 1 saturated carbocycles. The van der Waals surface area contributed by atoms with Crippen LogP contribution in [-0.2, 0) is 0 Å². The summed E-state index contributed by atoms with van der Waals surface area (Å²) < 4.78 is 5.70. The SMILES string of the molecule is CCCOc1cccnc1NCC(C)N(C)C1CC1. The van der Waals surface area contributed by atoms with Gasteiger partial charge in [0.25, 0.3) is 0 Å². The highest BCUT2D eigenvalue weighted by Gasteiger charge is 2.28. The lowest BCUT2D eigenvalue weighted by Gasteiger charge is -2.25. The summed E-state index contributed by atoms with van der Waals surface area (Å²) in [5.41, 5.74) is 0. The number of pyridine rings is 1. The first-order valence-electron chi connectivity index (χ1n) is 7.26. The highest BCUT2D eigenvalue weighted by Crippen LogP contribution is 2.27. The Bertz CT molecular complexity index is 393. The molecule has 4 nitrogen and oxygen atoms in total. The second kappa shape index (κ2) is 6.75. The zero-order valence-electron chi connectivity index (χ0n) is 12.2. The number of hydrogen-bond donors (Lipinski definition) is 1. The molecule has 1 atom stereocenters. The van der Waals surface area contributed by atoms with Crippen LogP contribution in [0.1, 0.15) is 33.1 Å². The van der Waals surface area contributed by atoms with Crippen molar-refractivity contribution in [1.29, 1.82) is 0 Å². The van der Waals surface area contributed by atoms with Crippen LogP contribution in [0.4, 0.5) is 5.82 Å². The highest BCUT2D eigenvalue weighted by atomic mass is 16.5. The molecule has 0 radical (unpaired) electrons. The number of ether oxygens (including phenoxy) is 1. The molecule has 1 aromatic rings. The molecule has 1 aliphatic rings. The summed E-state index contributed by atoms with van der Waals surface area (Å²) in [7, 11) is 2.21. The monoisotopic (exact) mass is 263 g/mol. The van der Waals surface area contributed by atoms with Crippen molar-refractivity contribution in [3.63, 3.8) is 0 Å². The topological polar surface area (TPSA) is 37.4 Å². The number of likely N-dealkylation sites (N-methyl/N-ethyl adjacent to an activating group) is 1. The van der Waals surface area contributed by atoms with E-state index in [0.29, 0.717) is 6.04 Å². The van der Waals surface area contributed by atoms with Crippen molar-refractivity contribution in [2.75, 3.05) is 25.5 Å². The van der Waals surface area contributed by atoms with Gasteiger partial charge in [-0.25, -0.2) is 4.98 Å². The number of anilines is 1. The van der Waals surface area contributed by atoms with E-state index in [2.05, 4.69) is 36.1 Å². The molecule has 0 bridgehead atoms. The first kappa shape index (κ1) is 14.1. The average Bonchev–Trinajstić information content (AvgIpc) is 3.27. The van der Waals surface area contributed by atoms with E-state index in [9.17, 15) is 0 Å². The third-order valence-electron chi connectivity index (χ3n) is 3.62. The van der Waals surface area contributed by atoms with Gasteiger partial charge in [-0.1, -0.05) is 6.92 Å². The van der Waals surface area contributed by atoms with Crippen LogP contribution in [-0.4, -0.2) is 42.2 Å². The summed E-state index contributed by atoms with van der Waals surface area (Å²) in [5, 5.41) is 3.41. The maximum absolute atomic E-state index is 5.70. The molecule has 1 unspecified atom stereocenters. The zero-order valence-corrected chi connectivity index (χ0v) is 12.2. The molecule has 0 spiro atoms. The molecule has 0 aromatic carbocycles. The Morgan fingerprint density at radius 3 is 3.00 bits per heavy atom. The third kappa shape index (κ3) is 4.10. The van der Waals surface area contributed by atoms with E-state index in [1.54, 1.807) is 6.20 Å². The first-order valence-corrected chi connectivity index (χ1v) is 7.26. The van der Waals surface area contributed by atoms with Gasteiger partial charge in [-0.15, -0.1) is 0 Å². The van der Waals surface area contributed by atoms with Gasteiger partial charge in [-0.3, -0.25) is 4.90 Å². The Morgan fingerprint density at radius 1 is 1.53 bits per heavy atom. The van der Waals surface area contributed by atoms with Gasteiger partial charge in [-0.05, 0) is 45.4 Å². The van der Waals surface area contributed by atoms with Crippen LogP contribution >= 0.6 is 0 Å². The molecular formula is C15H25N3O.